The topological polar surface area (TPSA) is 193 Å². The Morgan fingerprint density at radius 3 is 2.67 bits per heavy atom. The molecule has 208 valence electrons. The first-order chi connectivity index (χ1) is 18.3. The molecule has 2 saturated heterocycles. The summed E-state index contributed by atoms with van der Waals surface area (Å²) in [6, 6.07) is -1.89. The summed E-state index contributed by atoms with van der Waals surface area (Å²) in [6.07, 6.45) is 6.40. The summed E-state index contributed by atoms with van der Waals surface area (Å²) in [4.78, 5) is 73.7. The minimum absolute atomic E-state index is 0. The third-order valence-electron chi connectivity index (χ3n) is 6.71. The normalized spacial score (nSPS) is 18.7. The van der Waals surface area contributed by atoms with E-state index in [1.807, 2.05) is 0 Å². The number of hydrogen-bond acceptors (Lipinski definition) is 9. The van der Waals surface area contributed by atoms with Crippen LogP contribution in [0, 0.1) is 5.92 Å². The second-order valence-corrected chi connectivity index (χ2v) is 10.3. The van der Waals surface area contributed by atoms with Crippen LogP contribution in [0.3, 0.4) is 0 Å². The largest absolute Gasteiger partial charge is 1.00 e. The number of nitrogens with zero attached hydrogens (tertiary/aromatic N) is 4. The van der Waals surface area contributed by atoms with Crippen molar-refractivity contribution in [3.8, 4) is 0 Å². The second-order valence-electron chi connectivity index (χ2n) is 9.40. The molecule has 15 heteroatoms. The Balaban J connectivity index is 0.00000533. The van der Waals surface area contributed by atoms with Gasteiger partial charge in [0.1, 0.15) is 13.1 Å². The summed E-state index contributed by atoms with van der Waals surface area (Å²) in [5.74, 6) is -1.39. The van der Waals surface area contributed by atoms with E-state index in [9.17, 15) is 24.0 Å². The van der Waals surface area contributed by atoms with Crippen molar-refractivity contribution in [2.75, 3.05) is 39.3 Å². The fourth-order valence-electron chi connectivity index (χ4n) is 4.71. The number of rotatable bonds is 14. The SMILES string of the molecule is NC(N)=NCCC[C@H](NC(=O)CN1CC(=O)N(CCC2CCNCC2)C(C[C-]=O)C1=O)C(=O)c1nccs1.[K+]. The summed E-state index contributed by atoms with van der Waals surface area (Å²) >= 11 is 1.15. The van der Waals surface area contributed by atoms with E-state index in [0.717, 1.165) is 48.6 Å². The molecule has 2 atom stereocenters. The molecule has 0 spiro atoms. The molecule has 2 aliphatic heterocycles. The zero-order valence-corrected chi connectivity index (χ0v) is 26.2. The predicted molar refractivity (Wildman–Crippen MR) is 141 cm³/mol. The fraction of sp³-hybridized carbons (Fsp3) is 0.625. The molecule has 3 amide bonds. The molecule has 1 aromatic rings. The number of amides is 3. The molecule has 13 nitrogen and oxygen atoms in total. The minimum atomic E-state index is -0.990. The average Bonchev–Trinajstić information content (AvgIpc) is 3.43. The van der Waals surface area contributed by atoms with E-state index < -0.39 is 30.4 Å². The number of guanidine groups is 1. The van der Waals surface area contributed by atoms with E-state index in [0.29, 0.717) is 18.9 Å². The number of carbonyl (C=O) groups excluding carboxylic acids is 5. The Morgan fingerprint density at radius 1 is 1.28 bits per heavy atom. The van der Waals surface area contributed by atoms with E-state index in [-0.39, 0.29) is 100.0 Å². The number of ketones is 1. The van der Waals surface area contributed by atoms with E-state index in [1.54, 1.807) is 11.7 Å². The molecular weight excluding hydrogens is 551 g/mol. The number of hydrogen-bond donors (Lipinski definition) is 4. The molecule has 0 saturated carbocycles. The maximum absolute atomic E-state index is 13.2. The number of nitrogens with two attached hydrogens (primary N) is 2. The Kier molecular flexibility index (Phi) is 14.7. The van der Waals surface area contributed by atoms with Crippen LogP contribution in [0.25, 0.3) is 0 Å². The first-order valence-corrected chi connectivity index (χ1v) is 13.6. The van der Waals surface area contributed by atoms with Gasteiger partial charge in [-0.15, -0.1) is 17.8 Å². The van der Waals surface area contributed by atoms with Crippen molar-refractivity contribution in [3.05, 3.63) is 16.6 Å². The van der Waals surface area contributed by atoms with Crippen molar-refractivity contribution < 1.29 is 75.4 Å². The molecule has 0 aliphatic carbocycles. The molecule has 0 bridgehead atoms. The van der Waals surface area contributed by atoms with Crippen LogP contribution in [0.15, 0.2) is 16.6 Å². The molecule has 2 aliphatic rings. The summed E-state index contributed by atoms with van der Waals surface area (Å²) in [6.45, 7) is 1.80. The molecule has 39 heavy (non-hydrogen) atoms. The number of carbonyl (C=O) groups is 4. The van der Waals surface area contributed by atoms with Gasteiger partial charge in [0.05, 0.1) is 12.1 Å². The maximum Gasteiger partial charge on any atom is 1.00 e. The van der Waals surface area contributed by atoms with Gasteiger partial charge in [-0.25, -0.2) is 4.98 Å². The molecule has 6 N–H and O–H groups in total. The van der Waals surface area contributed by atoms with E-state index in [2.05, 4.69) is 20.6 Å². The number of piperazine rings is 1. The smallest absolute Gasteiger partial charge is 0.542 e. The molecule has 0 aromatic carbocycles. The van der Waals surface area contributed by atoms with Crippen LogP contribution in [0.5, 0.6) is 0 Å². The van der Waals surface area contributed by atoms with Gasteiger partial charge >= 0.3 is 51.4 Å². The van der Waals surface area contributed by atoms with Crippen LogP contribution >= 0.6 is 11.3 Å². The number of Topliss-reactive ketones (excluding diaryl/α,β-unsaturated/α-hetero) is 1. The van der Waals surface area contributed by atoms with E-state index >= 15 is 0 Å². The van der Waals surface area contributed by atoms with Gasteiger partial charge in [-0.3, -0.25) is 30.5 Å². The molecule has 1 aromatic heterocycles. The summed E-state index contributed by atoms with van der Waals surface area (Å²) in [5.41, 5.74) is 10.7. The van der Waals surface area contributed by atoms with Crippen molar-refractivity contribution in [1.82, 2.24) is 25.4 Å². The van der Waals surface area contributed by atoms with Crippen LogP contribution in [0.1, 0.15) is 48.3 Å². The first kappa shape index (κ1) is 33.5. The van der Waals surface area contributed by atoms with Gasteiger partial charge < -0.3 is 36.7 Å². The van der Waals surface area contributed by atoms with Gasteiger partial charge in [-0.2, -0.15) is 0 Å². The van der Waals surface area contributed by atoms with Crippen LogP contribution < -0.4 is 73.5 Å². The molecule has 3 heterocycles. The quantitative estimate of drug-likeness (QED) is 0.0418. The molecule has 1 unspecified atom stereocenters. The summed E-state index contributed by atoms with van der Waals surface area (Å²) < 4.78 is 0. The van der Waals surface area contributed by atoms with Crippen LogP contribution in [0.2, 0.25) is 0 Å². The average molecular weight is 587 g/mol. The molecule has 2 fully saturated rings. The van der Waals surface area contributed by atoms with Crippen molar-refractivity contribution >= 4 is 47.1 Å². The Bertz CT molecular complexity index is 1010. The van der Waals surface area contributed by atoms with Gasteiger partial charge in [0.2, 0.25) is 23.5 Å². The standard InChI is InChI=1S/C24H35N8O5S.K/c25-24(26)29-7-1-2-17(21(36)22-28-10-13-38-22)30-19(34)14-31-15-20(35)32(18(6-12-33)23(31)37)11-5-16-3-8-27-9-4-16;/h10,13,16-18,27H,1-9,11,14-15H2,(H,30,34)(H4,25,26,29);/q-1;+1/t17-,18?;/m0./s1. The van der Waals surface area contributed by atoms with Crippen molar-refractivity contribution in [2.24, 2.45) is 22.4 Å². The second kappa shape index (κ2) is 17.1. The zero-order valence-electron chi connectivity index (χ0n) is 22.3. The third-order valence-corrected chi connectivity index (χ3v) is 7.50. The van der Waals surface area contributed by atoms with Gasteiger partial charge in [-0.1, -0.05) is 0 Å². The number of aromatic nitrogens is 1. The van der Waals surface area contributed by atoms with Crippen molar-refractivity contribution in [3.63, 3.8) is 0 Å². The van der Waals surface area contributed by atoms with Crippen LogP contribution in [-0.2, 0) is 19.2 Å². The summed E-state index contributed by atoms with van der Waals surface area (Å²) in [5, 5.41) is 7.87. The van der Waals surface area contributed by atoms with Crippen LogP contribution in [-0.4, -0.2) is 102 Å². The Morgan fingerprint density at radius 2 is 2.03 bits per heavy atom. The van der Waals surface area contributed by atoms with Crippen molar-refractivity contribution in [2.45, 2.75) is 50.6 Å². The van der Waals surface area contributed by atoms with Crippen LogP contribution in [0.4, 0.5) is 0 Å². The number of aliphatic imine (C=N–C) groups is 1. The van der Waals surface area contributed by atoms with Crippen molar-refractivity contribution in [1.29, 1.82) is 0 Å². The maximum atomic E-state index is 13.2. The monoisotopic (exact) mass is 586 g/mol. The van der Waals surface area contributed by atoms with Gasteiger partial charge in [-0.05, 0) is 51.1 Å². The van der Waals surface area contributed by atoms with E-state index in [4.69, 9.17) is 11.5 Å². The Hall–Kier alpha value is -1.75. The first-order valence-electron chi connectivity index (χ1n) is 12.7. The number of piperidine rings is 1. The third kappa shape index (κ3) is 10.3. The molecular formula is C24H35KN8O5S. The van der Waals surface area contributed by atoms with E-state index in [1.165, 1.54) is 11.1 Å². The number of thiazole rings is 1. The van der Waals surface area contributed by atoms with Gasteiger partial charge in [0.15, 0.2) is 11.0 Å². The molecule has 0 radical (unpaired) electrons. The minimum Gasteiger partial charge on any atom is -0.542 e. The zero-order chi connectivity index (χ0) is 27.5. The number of nitrogens with one attached hydrogen (secondary N) is 2. The van der Waals surface area contributed by atoms with Gasteiger partial charge in [0.25, 0.3) is 0 Å². The predicted octanol–water partition coefficient (Wildman–Crippen LogP) is -4.20. The Labute approximate surface area is 274 Å². The molecule has 3 rings (SSSR count). The summed E-state index contributed by atoms with van der Waals surface area (Å²) in [7, 11) is 0. The fourth-order valence-corrected chi connectivity index (χ4v) is 5.34. The van der Waals surface area contributed by atoms with Gasteiger partial charge in [0, 0.05) is 24.7 Å².